The summed E-state index contributed by atoms with van der Waals surface area (Å²) >= 11 is 11.4. The van der Waals surface area contributed by atoms with Crippen molar-refractivity contribution in [2.75, 3.05) is 51.5 Å². The van der Waals surface area contributed by atoms with Crippen molar-refractivity contribution in [1.82, 2.24) is 15.0 Å². The number of anilines is 5. The summed E-state index contributed by atoms with van der Waals surface area (Å²) in [4.78, 5) is 30.5. The molecule has 37 heavy (non-hydrogen) atoms. The smallest absolute Gasteiger partial charge is 0.327 e. The lowest BCUT2D eigenvalue weighted by Gasteiger charge is -2.35. The molecular weight excluding hydrogens is 525 g/mol. The molecule has 4 aliphatic rings. The van der Waals surface area contributed by atoms with Crippen LogP contribution in [0.5, 0.6) is 0 Å². The van der Waals surface area contributed by atoms with E-state index >= 15 is 0 Å². The molecule has 0 aromatic carbocycles. The number of pyridine rings is 3. The first kappa shape index (κ1) is 23.9. The fourth-order valence-electron chi connectivity index (χ4n) is 5.18. The highest BCUT2D eigenvalue weighted by atomic mass is 35.5. The maximum atomic E-state index is 13.8. The quantitative estimate of drug-likeness (QED) is 0.424. The summed E-state index contributed by atoms with van der Waals surface area (Å²) in [5.41, 5.74) is 2.02. The van der Waals surface area contributed by atoms with Crippen molar-refractivity contribution in [3.63, 3.8) is 0 Å². The van der Waals surface area contributed by atoms with Crippen LogP contribution < -0.4 is 25.3 Å². The number of urea groups is 1. The SMILES string of the molecule is Fc1cc2c(nc1Cl)N[C@H]1CCN2C1.O=C(Nc1cccnc1)N1c2nc(Cl)c(F)cc2N2CC[C@H]1C2. The topological polar surface area (TPSA) is 89.5 Å². The predicted octanol–water partition coefficient (Wildman–Crippen LogP) is 4.78. The normalized spacial score (nSPS) is 20.5. The van der Waals surface area contributed by atoms with E-state index in [1.165, 1.54) is 12.1 Å². The Hall–Kier alpha value is -3.44. The fourth-order valence-corrected chi connectivity index (χ4v) is 5.45. The van der Waals surface area contributed by atoms with E-state index in [-0.39, 0.29) is 22.4 Å². The summed E-state index contributed by atoms with van der Waals surface area (Å²) < 4.78 is 26.9. The second-order valence-electron chi connectivity index (χ2n) is 9.24. The maximum Gasteiger partial charge on any atom is 0.327 e. The van der Waals surface area contributed by atoms with Crippen molar-refractivity contribution >= 4 is 57.9 Å². The average Bonchev–Trinajstić information content (AvgIpc) is 3.48. The van der Waals surface area contributed by atoms with Gasteiger partial charge in [0.25, 0.3) is 0 Å². The molecule has 0 saturated carbocycles. The first-order chi connectivity index (χ1) is 17.9. The third-order valence-corrected chi connectivity index (χ3v) is 7.44. The molecule has 4 aliphatic heterocycles. The van der Waals surface area contributed by atoms with E-state index in [4.69, 9.17) is 23.2 Å². The Morgan fingerprint density at radius 3 is 2.54 bits per heavy atom. The van der Waals surface area contributed by atoms with Gasteiger partial charge in [-0.15, -0.1) is 0 Å². The number of carbonyl (C=O) groups is 1. The molecule has 4 bridgehead atoms. The third-order valence-electron chi connectivity index (χ3n) is 6.91. The molecule has 0 aliphatic carbocycles. The minimum Gasteiger partial charge on any atom is -0.366 e. The number of amides is 2. The monoisotopic (exact) mass is 546 g/mol. The van der Waals surface area contributed by atoms with Gasteiger partial charge in [0.05, 0.1) is 29.3 Å². The second-order valence-corrected chi connectivity index (χ2v) is 9.95. The zero-order valence-electron chi connectivity index (χ0n) is 19.5. The van der Waals surface area contributed by atoms with E-state index in [9.17, 15) is 13.6 Å². The summed E-state index contributed by atoms with van der Waals surface area (Å²) in [5.74, 6) is 0.0811. The molecule has 2 atom stereocenters. The van der Waals surface area contributed by atoms with E-state index in [2.05, 4.69) is 30.5 Å². The Labute approximate surface area is 221 Å². The highest BCUT2D eigenvalue weighted by Crippen LogP contribution is 2.40. The van der Waals surface area contributed by atoms with E-state index in [0.717, 1.165) is 38.2 Å². The van der Waals surface area contributed by atoms with Gasteiger partial charge in [0.15, 0.2) is 33.6 Å². The van der Waals surface area contributed by atoms with Gasteiger partial charge in [0.1, 0.15) is 0 Å². The molecule has 13 heteroatoms. The maximum absolute atomic E-state index is 13.8. The highest BCUT2D eigenvalue weighted by molar-refractivity contribution is 6.30. The Kier molecular flexibility index (Phi) is 6.12. The number of nitrogens with one attached hydrogen (secondary N) is 2. The Balaban J connectivity index is 0.000000153. The van der Waals surface area contributed by atoms with Gasteiger partial charge in [0, 0.05) is 50.6 Å². The Morgan fingerprint density at radius 1 is 1.03 bits per heavy atom. The summed E-state index contributed by atoms with van der Waals surface area (Å²) in [7, 11) is 0. The highest BCUT2D eigenvalue weighted by Gasteiger charge is 2.41. The Bertz CT molecular complexity index is 1360. The number of carbonyl (C=O) groups excluding carboxylic acids is 1. The summed E-state index contributed by atoms with van der Waals surface area (Å²) in [6.45, 7) is 3.33. The minimum absolute atomic E-state index is 0.00630. The molecule has 0 spiro atoms. The first-order valence-electron chi connectivity index (χ1n) is 11.9. The van der Waals surface area contributed by atoms with Gasteiger partial charge in [-0.2, -0.15) is 0 Å². The Morgan fingerprint density at radius 2 is 1.76 bits per heavy atom. The lowest BCUT2D eigenvalue weighted by Crippen LogP contribution is -2.48. The summed E-state index contributed by atoms with van der Waals surface area (Å²) in [5, 5.41) is 5.76. The van der Waals surface area contributed by atoms with Crippen LogP contribution in [0, 0.1) is 11.6 Å². The molecule has 9 nitrogen and oxygen atoms in total. The van der Waals surface area contributed by atoms with Crippen LogP contribution in [-0.2, 0) is 0 Å². The molecule has 0 unspecified atom stereocenters. The largest absolute Gasteiger partial charge is 0.366 e. The van der Waals surface area contributed by atoms with Gasteiger partial charge in [-0.25, -0.2) is 23.5 Å². The van der Waals surface area contributed by atoms with E-state index in [0.29, 0.717) is 35.6 Å². The van der Waals surface area contributed by atoms with Crippen molar-refractivity contribution in [1.29, 1.82) is 0 Å². The van der Waals surface area contributed by atoms with Crippen LogP contribution >= 0.6 is 23.2 Å². The zero-order chi connectivity index (χ0) is 25.7. The molecule has 192 valence electrons. The van der Waals surface area contributed by atoms with Crippen LogP contribution in [0.1, 0.15) is 12.8 Å². The van der Waals surface area contributed by atoms with Crippen LogP contribution in [0.3, 0.4) is 0 Å². The van der Waals surface area contributed by atoms with E-state index in [1.54, 1.807) is 29.4 Å². The number of hydrogen-bond acceptors (Lipinski definition) is 7. The van der Waals surface area contributed by atoms with Crippen molar-refractivity contribution in [2.24, 2.45) is 0 Å². The van der Waals surface area contributed by atoms with E-state index < -0.39 is 11.6 Å². The van der Waals surface area contributed by atoms with Gasteiger partial charge in [0.2, 0.25) is 0 Å². The second kappa shape index (κ2) is 9.46. The number of nitrogens with zero attached hydrogens (tertiary/aromatic N) is 6. The molecule has 2 amide bonds. The molecule has 3 aromatic heterocycles. The lowest BCUT2D eigenvalue weighted by atomic mass is 10.2. The summed E-state index contributed by atoms with van der Waals surface area (Å²) in [6.07, 6.45) is 5.07. The van der Waals surface area contributed by atoms with Gasteiger partial charge < -0.3 is 20.4 Å². The molecule has 0 radical (unpaired) electrons. The molecule has 7 heterocycles. The molecule has 2 fully saturated rings. The van der Waals surface area contributed by atoms with E-state index in [1.807, 2.05) is 4.90 Å². The van der Waals surface area contributed by atoms with Crippen molar-refractivity contribution in [3.05, 3.63) is 58.6 Å². The summed E-state index contributed by atoms with van der Waals surface area (Å²) in [6, 6.07) is 6.41. The van der Waals surface area contributed by atoms with Crippen molar-refractivity contribution < 1.29 is 13.6 Å². The fraction of sp³-hybridized carbons (Fsp3) is 0.333. The van der Waals surface area contributed by atoms with Gasteiger partial charge >= 0.3 is 6.03 Å². The standard InChI is InChI=1S/C15H13ClFN5O.C9H9ClFN3/c16-13-11(17)6-12-14(20-13)22(10-3-5-21(12)8-10)15(23)19-9-2-1-4-18-7-9;10-8-6(11)3-7-9(13-8)12-5-1-2-14(7)4-5/h1-2,4,6-7,10H,3,5,8H2,(H,19,23);3,5H,1-2,4H2,(H,12,13)/t10-;5-/m00/s1. The number of halogens is 4. The van der Waals surface area contributed by atoms with Crippen molar-refractivity contribution in [3.8, 4) is 0 Å². The zero-order valence-corrected chi connectivity index (χ0v) is 21.0. The number of fused-ring (bicyclic) bond motifs is 8. The van der Waals surface area contributed by atoms with Crippen LogP contribution in [-0.4, -0.2) is 59.2 Å². The van der Waals surface area contributed by atoms with Crippen LogP contribution in [0.25, 0.3) is 0 Å². The third kappa shape index (κ3) is 4.46. The predicted molar refractivity (Wildman–Crippen MR) is 139 cm³/mol. The molecule has 2 N–H and O–H groups in total. The number of aromatic nitrogens is 3. The molecule has 7 rings (SSSR count). The molecule has 2 saturated heterocycles. The number of hydrogen-bond donors (Lipinski definition) is 2. The molecular formula is C24H22Cl2F2N8O. The van der Waals surface area contributed by atoms with Crippen LogP contribution in [0.15, 0.2) is 36.7 Å². The lowest BCUT2D eigenvalue weighted by molar-refractivity contribution is 0.255. The molecule has 3 aromatic rings. The van der Waals surface area contributed by atoms with Gasteiger partial charge in [-0.3, -0.25) is 9.88 Å². The van der Waals surface area contributed by atoms with Crippen LogP contribution in [0.2, 0.25) is 10.3 Å². The van der Waals surface area contributed by atoms with Crippen LogP contribution in [0.4, 0.5) is 42.3 Å². The first-order valence-corrected chi connectivity index (χ1v) is 12.6. The minimum atomic E-state index is -0.580. The van der Waals surface area contributed by atoms with Gasteiger partial charge in [-0.05, 0) is 25.0 Å². The van der Waals surface area contributed by atoms with Crippen molar-refractivity contribution in [2.45, 2.75) is 24.9 Å². The van der Waals surface area contributed by atoms with Gasteiger partial charge in [-0.1, -0.05) is 23.2 Å². The number of rotatable bonds is 1. The average molecular weight is 547 g/mol.